The van der Waals surface area contributed by atoms with Gasteiger partial charge in [-0.25, -0.2) is 0 Å². The number of carbonyl (C=O) groups is 1. The first kappa shape index (κ1) is 71.1. The van der Waals surface area contributed by atoms with Crippen LogP contribution in [0.3, 0.4) is 0 Å². The van der Waals surface area contributed by atoms with Gasteiger partial charge in [-0.15, -0.1) is 0 Å². The number of amides is 1. The molecule has 2 heterocycles. The van der Waals surface area contributed by atoms with Crippen LogP contribution in [0.5, 0.6) is 0 Å². The summed E-state index contributed by atoms with van der Waals surface area (Å²) in [5.74, 6) is -0.246. The van der Waals surface area contributed by atoms with Gasteiger partial charge < -0.3 is 65.1 Å². The van der Waals surface area contributed by atoms with E-state index < -0.39 is 86.8 Å². The van der Waals surface area contributed by atoms with Crippen LogP contribution in [-0.4, -0.2) is 140 Å². The van der Waals surface area contributed by atoms with Crippen LogP contribution in [0.25, 0.3) is 0 Å². The molecule has 2 aliphatic heterocycles. The van der Waals surface area contributed by atoms with Gasteiger partial charge in [0.25, 0.3) is 0 Å². The summed E-state index contributed by atoms with van der Waals surface area (Å²) in [6, 6.07) is -0.909. The Morgan fingerprint density at radius 3 is 1.34 bits per heavy atom. The average molecular weight is 1090 g/mol. The smallest absolute Gasteiger partial charge is 0.220 e. The van der Waals surface area contributed by atoms with Crippen molar-refractivity contribution in [2.45, 2.75) is 325 Å². The highest BCUT2D eigenvalue weighted by Crippen LogP contribution is 2.30. The highest BCUT2D eigenvalue weighted by Gasteiger charge is 2.51. The van der Waals surface area contributed by atoms with Crippen molar-refractivity contribution in [3.63, 3.8) is 0 Å². The van der Waals surface area contributed by atoms with Gasteiger partial charge in [-0.1, -0.05) is 242 Å². The number of rotatable bonds is 50. The van der Waals surface area contributed by atoms with Gasteiger partial charge in [-0.2, -0.15) is 0 Å². The molecule has 0 saturated carbocycles. The topological polar surface area (TPSA) is 228 Å². The van der Waals surface area contributed by atoms with Gasteiger partial charge in [-0.05, 0) is 51.4 Å². The van der Waals surface area contributed by atoms with Crippen molar-refractivity contribution in [1.82, 2.24) is 5.32 Å². The van der Waals surface area contributed by atoms with Gasteiger partial charge in [0, 0.05) is 6.42 Å². The van der Waals surface area contributed by atoms with Crippen LogP contribution >= 0.6 is 0 Å². The summed E-state index contributed by atoms with van der Waals surface area (Å²) in [6.07, 6.45) is 45.8. The molecule has 14 heteroatoms. The number of ether oxygens (including phenoxy) is 4. The SMILES string of the molecule is CCCC/C=C/C(O)C(COC1OC(CO)C(OC2OC(CO)C(O)C(O)C2O)C(O)C1O)NC(=O)CCCCCCCCCCCCCCCCCCCCCCCCCC/C=C\C/C=C\C/C=C\CCCCCCC. The summed E-state index contributed by atoms with van der Waals surface area (Å²) >= 11 is 0. The van der Waals surface area contributed by atoms with E-state index in [1.807, 2.05) is 6.08 Å². The van der Waals surface area contributed by atoms with E-state index in [1.54, 1.807) is 6.08 Å². The second-order valence-electron chi connectivity index (χ2n) is 22.2. The number of aliphatic hydroxyl groups is 8. The number of hydrogen-bond donors (Lipinski definition) is 9. The van der Waals surface area contributed by atoms with Crippen molar-refractivity contribution in [3.8, 4) is 0 Å². The first-order valence-corrected chi connectivity index (χ1v) is 31.4. The Labute approximate surface area is 467 Å². The number of aliphatic hydroxyl groups excluding tert-OH is 8. The van der Waals surface area contributed by atoms with E-state index in [2.05, 4.69) is 55.6 Å². The zero-order valence-corrected chi connectivity index (χ0v) is 48.5. The third kappa shape index (κ3) is 34.1. The number of allylic oxidation sites excluding steroid dienone is 7. The molecule has 77 heavy (non-hydrogen) atoms. The second kappa shape index (κ2) is 48.6. The van der Waals surface area contributed by atoms with Crippen molar-refractivity contribution in [3.05, 3.63) is 48.6 Å². The quantitative estimate of drug-likeness (QED) is 0.0204. The Hall–Kier alpha value is -2.05. The molecule has 2 saturated heterocycles. The van der Waals surface area contributed by atoms with Gasteiger partial charge >= 0.3 is 0 Å². The first-order chi connectivity index (χ1) is 37.6. The van der Waals surface area contributed by atoms with E-state index in [0.717, 1.165) is 51.4 Å². The fourth-order valence-electron chi connectivity index (χ4n) is 10.2. The molecule has 0 radical (unpaired) electrons. The van der Waals surface area contributed by atoms with Crippen molar-refractivity contribution in [2.75, 3.05) is 19.8 Å². The Balaban J connectivity index is 1.45. The van der Waals surface area contributed by atoms with Crippen molar-refractivity contribution < 1.29 is 64.6 Å². The highest BCUT2D eigenvalue weighted by atomic mass is 16.7. The number of carbonyl (C=O) groups excluding carboxylic acids is 1. The monoisotopic (exact) mass is 1090 g/mol. The number of nitrogens with one attached hydrogen (secondary N) is 1. The number of unbranched alkanes of at least 4 members (excludes halogenated alkanes) is 31. The molecular formula is C63H115NO13. The van der Waals surface area contributed by atoms with Crippen LogP contribution < -0.4 is 5.32 Å². The first-order valence-electron chi connectivity index (χ1n) is 31.4. The van der Waals surface area contributed by atoms with Gasteiger partial charge in [0.05, 0.1) is 32.0 Å². The maximum Gasteiger partial charge on any atom is 0.220 e. The molecule has 14 nitrogen and oxygen atoms in total. The summed E-state index contributed by atoms with van der Waals surface area (Å²) in [6.45, 7) is 2.62. The highest BCUT2D eigenvalue weighted by molar-refractivity contribution is 5.76. The van der Waals surface area contributed by atoms with Gasteiger partial charge in [0.1, 0.15) is 48.8 Å². The summed E-state index contributed by atoms with van der Waals surface area (Å²) in [5.41, 5.74) is 0. The molecule has 2 aliphatic rings. The molecule has 0 spiro atoms. The normalized spacial score (nSPS) is 25.0. The fourth-order valence-corrected chi connectivity index (χ4v) is 10.2. The Morgan fingerprint density at radius 2 is 0.870 bits per heavy atom. The predicted molar refractivity (Wildman–Crippen MR) is 309 cm³/mol. The lowest BCUT2D eigenvalue weighted by Crippen LogP contribution is -2.65. The average Bonchev–Trinajstić information content (AvgIpc) is 3.44. The minimum absolute atomic E-state index is 0.246. The van der Waals surface area contributed by atoms with Gasteiger partial charge in [0.2, 0.25) is 5.91 Å². The van der Waals surface area contributed by atoms with E-state index in [0.29, 0.717) is 6.42 Å². The van der Waals surface area contributed by atoms with E-state index >= 15 is 0 Å². The van der Waals surface area contributed by atoms with Crippen LogP contribution in [0.4, 0.5) is 0 Å². The van der Waals surface area contributed by atoms with Gasteiger partial charge in [-0.3, -0.25) is 4.79 Å². The molecule has 2 rings (SSSR count). The molecule has 12 unspecified atom stereocenters. The third-order valence-corrected chi connectivity index (χ3v) is 15.3. The Bertz CT molecular complexity index is 1480. The van der Waals surface area contributed by atoms with E-state index in [9.17, 15) is 45.6 Å². The van der Waals surface area contributed by atoms with Gasteiger partial charge in [0.15, 0.2) is 12.6 Å². The van der Waals surface area contributed by atoms with Crippen LogP contribution in [0.2, 0.25) is 0 Å². The standard InChI is InChI=1S/C63H115NO13/c1-3-5-7-9-10-11-12-13-14-15-16-17-18-19-20-21-22-23-24-25-26-27-28-29-30-31-32-33-34-35-36-37-38-39-40-41-42-43-45-47-55(68)64-51(52(67)46-44-8-6-4-2)50-74-62-60(73)58(71)61(54(49-66)76-62)77-63-59(72)57(70)56(69)53(48-65)75-63/h12-13,15-16,18-19,44,46,51-54,56-63,65-67,69-73H,3-11,14,17,20-43,45,47-50H2,1-2H3,(H,64,68)/b13-12-,16-15-,19-18-,46-44+. The maximum absolute atomic E-state index is 13.1. The maximum atomic E-state index is 13.1. The lowest BCUT2D eigenvalue weighted by atomic mass is 9.97. The predicted octanol–water partition coefficient (Wildman–Crippen LogP) is 11.2. The summed E-state index contributed by atoms with van der Waals surface area (Å²) in [7, 11) is 0. The molecule has 0 bridgehead atoms. The molecule has 0 aromatic carbocycles. The molecule has 0 aromatic heterocycles. The van der Waals surface area contributed by atoms with Crippen LogP contribution in [0.1, 0.15) is 251 Å². The number of hydrogen-bond acceptors (Lipinski definition) is 13. The van der Waals surface area contributed by atoms with E-state index in [4.69, 9.17) is 18.9 Å². The minimum Gasteiger partial charge on any atom is -0.394 e. The molecule has 9 N–H and O–H groups in total. The molecule has 2 fully saturated rings. The van der Waals surface area contributed by atoms with Crippen molar-refractivity contribution in [1.29, 1.82) is 0 Å². The second-order valence-corrected chi connectivity index (χ2v) is 22.2. The minimum atomic E-state index is -1.79. The van der Waals surface area contributed by atoms with Crippen molar-refractivity contribution in [2.24, 2.45) is 0 Å². The largest absolute Gasteiger partial charge is 0.394 e. The zero-order valence-electron chi connectivity index (χ0n) is 48.5. The third-order valence-electron chi connectivity index (χ3n) is 15.3. The molecule has 0 aliphatic carbocycles. The Morgan fingerprint density at radius 1 is 0.468 bits per heavy atom. The van der Waals surface area contributed by atoms with E-state index in [1.165, 1.54) is 173 Å². The van der Waals surface area contributed by atoms with Crippen LogP contribution in [0, 0.1) is 0 Å². The van der Waals surface area contributed by atoms with Crippen LogP contribution in [0.15, 0.2) is 48.6 Å². The summed E-state index contributed by atoms with van der Waals surface area (Å²) < 4.78 is 22.6. The zero-order chi connectivity index (χ0) is 56.0. The molecule has 0 aromatic rings. The molecule has 450 valence electrons. The summed E-state index contributed by atoms with van der Waals surface area (Å²) in [5, 5.41) is 86.2. The van der Waals surface area contributed by atoms with E-state index in [-0.39, 0.29) is 18.9 Å². The van der Waals surface area contributed by atoms with Crippen LogP contribution in [-0.2, 0) is 23.7 Å². The molecular weight excluding hydrogens is 979 g/mol. The Kier molecular flexibility index (Phi) is 44.9. The fraction of sp³-hybridized carbons (Fsp3) is 0.857. The molecule has 12 atom stereocenters. The summed E-state index contributed by atoms with van der Waals surface area (Å²) in [4.78, 5) is 13.1. The lowest BCUT2D eigenvalue weighted by molar-refractivity contribution is -0.359. The van der Waals surface area contributed by atoms with Crippen molar-refractivity contribution >= 4 is 5.91 Å². The lowest BCUT2D eigenvalue weighted by Gasteiger charge is -2.46. The molecule has 1 amide bonds.